The molecule has 0 aromatic heterocycles. The summed E-state index contributed by atoms with van der Waals surface area (Å²) in [5, 5.41) is 0. The molecule has 1 atom stereocenters. The number of aryl methyl sites for hydroxylation is 1. The predicted octanol–water partition coefficient (Wildman–Crippen LogP) is 2.81. The van der Waals surface area contributed by atoms with E-state index in [0.29, 0.717) is 43.9 Å². The van der Waals surface area contributed by atoms with Crippen molar-refractivity contribution in [1.29, 1.82) is 0 Å². The van der Waals surface area contributed by atoms with Crippen molar-refractivity contribution < 1.29 is 13.2 Å². The summed E-state index contributed by atoms with van der Waals surface area (Å²) in [6.45, 7) is 5.94. The Hall–Kier alpha value is -2.18. The highest BCUT2D eigenvalue weighted by Crippen LogP contribution is 2.34. The number of ketones is 1. The molecule has 1 unspecified atom stereocenters. The van der Waals surface area contributed by atoms with Crippen LogP contribution >= 0.6 is 0 Å². The fourth-order valence-corrected chi connectivity index (χ4v) is 5.93. The van der Waals surface area contributed by atoms with E-state index in [1.165, 1.54) is 5.56 Å². The summed E-state index contributed by atoms with van der Waals surface area (Å²) in [4.78, 5) is 14.4. The smallest absolute Gasteiger partial charge is 0.243 e. The number of rotatable bonds is 4. The summed E-state index contributed by atoms with van der Waals surface area (Å²) in [7, 11) is -3.55. The van der Waals surface area contributed by atoms with Gasteiger partial charge in [-0.05, 0) is 56.0 Å². The molecule has 1 aliphatic heterocycles. The number of fused-ring (bicyclic) bond motifs is 1. The maximum Gasteiger partial charge on any atom is 0.243 e. The fourth-order valence-electron chi connectivity index (χ4n) is 4.23. The standard InChI is InChI=1S/C22H26N2O3S/c1-16-6-8-20(9-7-16)23-10-12-24(13-11-23)28(26,27)22-5-3-4-18-14-19(17(2)25)15-21(18)22/h3-9,19H,10-15H2,1-2H3. The summed E-state index contributed by atoms with van der Waals surface area (Å²) in [5.74, 6) is 0.0380. The van der Waals surface area contributed by atoms with Gasteiger partial charge < -0.3 is 4.90 Å². The number of anilines is 1. The molecule has 0 N–H and O–H groups in total. The minimum Gasteiger partial charge on any atom is -0.369 e. The van der Waals surface area contributed by atoms with Crippen LogP contribution in [0.2, 0.25) is 0 Å². The highest BCUT2D eigenvalue weighted by atomic mass is 32.2. The van der Waals surface area contributed by atoms with Crippen molar-refractivity contribution in [3.8, 4) is 0 Å². The third-order valence-corrected chi connectivity index (χ3v) is 7.96. The summed E-state index contributed by atoms with van der Waals surface area (Å²) in [6, 6.07) is 13.8. The number of sulfonamides is 1. The van der Waals surface area contributed by atoms with Crippen LogP contribution in [0, 0.1) is 12.8 Å². The Morgan fingerprint density at radius 2 is 1.64 bits per heavy atom. The Labute approximate surface area is 167 Å². The van der Waals surface area contributed by atoms with E-state index >= 15 is 0 Å². The van der Waals surface area contributed by atoms with E-state index in [1.54, 1.807) is 23.4 Å². The SMILES string of the molecule is CC(=O)C1Cc2cccc(S(=O)(=O)N3CCN(c4ccc(C)cc4)CC3)c2C1. The molecule has 0 saturated carbocycles. The molecule has 0 radical (unpaired) electrons. The highest BCUT2D eigenvalue weighted by Gasteiger charge is 2.34. The molecule has 1 aliphatic carbocycles. The first kappa shape index (κ1) is 19.2. The third kappa shape index (κ3) is 3.47. The number of hydrogen-bond acceptors (Lipinski definition) is 4. The van der Waals surface area contributed by atoms with E-state index in [0.717, 1.165) is 16.8 Å². The molecule has 1 saturated heterocycles. The van der Waals surface area contributed by atoms with Gasteiger partial charge in [0.25, 0.3) is 0 Å². The van der Waals surface area contributed by atoms with Crippen LogP contribution in [0.25, 0.3) is 0 Å². The fraction of sp³-hybridized carbons (Fsp3) is 0.409. The predicted molar refractivity (Wildman–Crippen MR) is 110 cm³/mol. The summed E-state index contributed by atoms with van der Waals surface area (Å²) < 4.78 is 28.3. The Kier molecular flexibility index (Phi) is 5.02. The molecule has 0 spiro atoms. The zero-order chi connectivity index (χ0) is 19.9. The Morgan fingerprint density at radius 1 is 0.964 bits per heavy atom. The van der Waals surface area contributed by atoms with E-state index < -0.39 is 10.0 Å². The van der Waals surface area contributed by atoms with Crippen LogP contribution < -0.4 is 4.90 Å². The lowest BCUT2D eigenvalue weighted by Crippen LogP contribution is -2.48. The van der Waals surface area contributed by atoms with Gasteiger partial charge >= 0.3 is 0 Å². The molecule has 148 valence electrons. The van der Waals surface area contributed by atoms with E-state index in [4.69, 9.17) is 0 Å². The minimum atomic E-state index is -3.55. The van der Waals surface area contributed by atoms with Crippen molar-refractivity contribution in [2.24, 2.45) is 5.92 Å². The first-order chi connectivity index (χ1) is 13.4. The second-order valence-corrected chi connectivity index (χ2v) is 9.74. The van der Waals surface area contributed by atoms with E-state index in [1.807, 2.05) is 6.07 Å². The molecule has 6 heteroatoms. The van der Waals surface area contributed by atoms with Gasteiger partial charge in [-0.3, -0.25) is 4.79 Å². The normalized spacial score (nSPS) is 20.2. The van der Waals surface area contributed by atoms with Gasteiger partial charge in [-0.1, -0.05) is 29.8 Å². The number of carbonyl (C=O) groups is 1. The van der Waals surface area contributed by atoms with Crippen molar-refractivity contribution >= 4 is 21.5 Å². The van der Waals surface area contributed by atoms with Crippen LogP contribution in [-0.2, 0) is 27.7 Å². The molecule has 28 heavy (non-hydrogen) atoms. The average molecular weight is 399 g/mol. The Balaban J connectivity index is 1.53. The minimum absolute atomic E-state index is 0.0928. The summed E-state index contributed by atoms with van der Waals surface area (Å²) in [5.41, 5.74) is 4.18. The lowest BCUT2D eigenvalue weighted by Gasteiger charge is -2.35. The molecule has 1 heterocycles. The number of Topliss-reactive ketones (excluding diaryl/α,β-unsaturated/α-hetero) is 1. The molecule has 0 amide bonds. The van der Waals surface area contributed by atoms with Gasteiger partial charge in [-0.2, -0.15) is 4.31 Å². The number of nitrogens with zero attached hydrogens (tertiary/aromatic N) is 2. The van der Waals surface area contributed by atoms with Crippen molar-refractivity contribution in [3.05, 3.63) is 59.2 Å². The monoisotopic (exact) mass is 398 g/mol. The molecule has 2 aromatic rings. The van der Waals surface area contributed by atoms with Gasteiger partial charge in [0.15, 0.2) is 0 Å². The van der Waals surface area contributed by atoms with Gasteiger partial charge in [0, 0.05) is 37.8 Å². The first-order valence-corrected chi connectivity index (χ1v) is 11.2. The number of benzene rings is 2. The molecule has 5 nitrogen and oxygen atoms in total. The van der Waals surface area contributed by atoms with Crippen molar-refractivity contribution in [2.75, 3.05) is 31.1 Å². The topological polar surface area (TPSA) is 57.7 Å². The molecule has 2 aliphatic rings. The van der Waals surface area contributed by atoms with Crippen LogP contribution in [-0.4, -0.2) is 44.7 Å². The van der Waals surface area contributed by atoms with Crippen LogP contribution in [0.4, 0.5) is 5.69 Å². The Bertz CT molecular complexity index is 991. The molecule has 1 fully saturated rings. The summed E-state index contributed by atoms with van der Waals surface area (Å²) in [6.07, 6.45) is 1.18. The van der Waals surface area contributed by atoms with Gasteiger partial charge in [-0.25, -0.2) is 8.42 Å². The van der Waals surface area contributed by atoms with Crippen LogP contribution in [0.1, 0.15) is 23.6 Å². The summed E-state index contributed by atoms with van der Waals surface area (Å²) >= 11 is 0. The van der Waals surface area contributed by atoms with E-state index in [9.17, 15) is 13.2 Å². The van der Waals surface area contributed by atoms with Gasteiger partial charge in [0.2, 0.25) is 10.0 Å². The van der Waals surface area contributed by atoms with Crippen molar-refractivity contribution in [3.63, 3.8) is 0 Å². The van der Waals surface area contributed by atoms with Crippen molar-refractivity contribution in [1.82, 2.24) is 4.31 Å². The number of hydrogen-bond donors (Lipinski definition) is 0. The molecule has 0 bridgehead atoms. The second-order valence-electron chi connectivity index (χ2n) is 7.84. The van der Waals surface area contributed by atoms with Gasteiger partial charge in [-0.15, -0.1) is 0 Å². The molecule has 2 aromatic carbocycles. The molecule has 4 rings (SSSR count). The first-order valence-electron chi connectivity index (χ1n) is 9.79. The quantitative estimate of drug-likeness (QED) is 0.795. The lowest BCUT2D eigenvalue weighted by molar-refractivity contribution is -0.120. The van der Waals surface area contributed by atoms with Gasteiger partial charge in [0.1, 0.15) is 5.78 Å². The van der Waals surface area contributed by atoms with Crippen molar-refractivity contribution in [2.45, 2.75) is 31.6 Å². The largest absolute Gasteiger partial charge is 0.369 e. The second kappa shape index (κ2) is 7.33. The highest BCUT2D eigenvalue weighted by molar-refractivity contribution is 7.89. The number of carbonyl (C=O) groups excluding carboxylic acids is 1. The van der Waals surface area contributed by atoms with E-state index in [2.05, 4.69) is 36.1 Å². The van der Waals surface area contributed by atoms with Crippen LogP contribution in [0.15, 0.2) is 47.4 Å². The van der Waals surface area contributed by atoms with Crippen LogP contribution in [0.5, 0.6) is 0 Å². The zero-order valence-corrected chi connectivity index (χ0v) is 17.2. The lowest BCUT2D eigenvalue weighted by atomic mass is 10.0. The number of piperazine rings is 1. The zero-order valence-electron chi connectivity index (χ0n) is 16.4. The maximum atomic E-state index is 13.3. The molecular formula is C22H26N2O3S. The average Bonchev–Trinajstić information content (AvgIpc) is 3.13. The maximum absolute atomic E-state index is 13.3. The Morgan fingerprint density at radius 3 is 2.29 bits per heavy atom. The third-order valence-electron chi connectivity index (χ3n) is 5.98. The van der Waals surface area contributed by atoms with Crippen LogP contribution in [0.3, 0.4) is 0 Å². The molecular weight excluding hydrogens is 372 g/mol. The van der Waals surface area contributed by atoms with Gasteiger partial charge in [0.05, 0.1) is 4.90 Å². The van der Waals surface area contributed by atoms with E-state index in [-0.39, 0.29) is 11.7 Å².